The number of hydrogen-bond donors (Lipinski definition) is 4. The quantitative estimate of drug-likeness (QED) is 0.147. The van der Waals surface area contributed by atoms with Crippen LogP contribution in [0.15, 0.2) is 36.9 Å². The highest BCUT2D eigenvalue weighted by atomic mass is 32.2. The molecule has 4 rings (SSSR count). The number of likely N-dealkylation sites (tertiary alicyclic amines) is 1. The molecule has 1 aromatic carbocycles. The first-order valence-electron chi connectivity index (χ1n) is 18.5. The fourth-order valence-electron chi connectivity index (χ4n) is 7.93. The van der Waals surface area contributed by atoms with Gasteiger partial charge in [0.15, 0.2) is 0 Å². The molecule has 294 valence electrons. The molecule has 5 amide bonds. The van der Waals surface area contributed by atoms with Crippen molar-refractivity contribution in [1.29, 1.82) is 0 Å². The van der Waals surface area contributed by atoms with Gasteiger partial charge >= 0.3 is 6.03 Å². The van der Waals surface area contributed by atoms with Crippen molar-refractivity contribution in [2.45, 2.75) is 91.4 Å². The third kappa shape index (κ3) is 9.11. The summed E-state index contributed by atoms with van der Waals surface area (Å²) in [6.07, 6.45) is 3.31. The maximum Gasteiger partial charge on any atom is 0.315 e. The van der Waals surface area contributed by atoms with Gasteiger partial charge in [-0.3, -0.25) is 19.2 Å². The number of nitrogens with zero attached hydrogens (tertiary/aromatic N) is 3. The third-order valence-corrected chi connectivity index (χ3v) is 13.2. The molecule has 2 fully saturated rings. The minimum absolute atomic E-state index is 0.0129. The largest absolute Gasteiger partial charge is 0.346 e. The first kappa shape index (κ1) is 41.9. The number of ketones is 1. The van der Waals surface area contributed by atoms with Crippen LogP contribution in [0.25, 0.3) is 0 Å². The van der Waals surface area contributed by atoms with Crippen molar-refractivity contribution in [3.05, 3.63) is 48.0 Å². The number of hydrogen-bond acceptors (Lipinski definition) is 7. The topological polar surface area (TPSA) is 177 Å². The molecule has 3 aliphatic rings. The number of urea groups is 1. The monoisotopic (exact) mass is 757 g/mol. The molecule has 1 saturated carbocycles. The fraction of sp³-hybridized carbons (Fsp3) is 0.658. The summed E-state index contributed by atoms with van der Waals surface area (Å²) in [5, 5.41) is 11.2. The van der Waals surface area contributed by atoms with E-state index in [-0.39, 0.29) is 42.7 Å². The zero-order chi connectivity index (χ0) is 39.6. The second-order valence-electron chi connectivity index (χ2n) is 16.6. The van der Waals surface area contributed by atoms with Gasteiger partial charge in [-0.2, -0.15) is 17.0 Å². The first-order valence-corrected chi connectivity index (χ1v) is 19.9. The number of nitrogens with one attached hydrogen (secondary N) is 4. The van der Waals surface area contributed by atoms with Crippen LogP contribution in [0.4, 0.5) is 4.79 Å². The standard InChI is InChI=1S/C38H59N7O7S/c1-11-15-27(32(46)34(48)39-18-12-2)40-33(47)31-29-26(38(29,6)7)21-45(31)35(49)30(25-19-23-16-13-14-17-24(23)20-25)42-36(50)41-28(37(3,4)5)22-44(10)53(51,52)43(8)9/h12-14,16-17,25-31H,2,11,15,18-22H2,1,3-10H3,(H,39,48)(H,40,47)(H2,41,42,50)/t26-,27?,28+,29-,30-,31-/m0/s1. The Bertz CT molecular complexity index is 1660. The van der Waals surface area contributed by atoms with Gasteiger partial charge in [0.2, 0.25) is 17.6 Å². The Balaban J connectivity index is 1.62. The Kier molecular flexibility index (Phi) is 12.9. The molecule has 1 aliphatic heterocycles. The molecule has 1 saturated heterocycles. The highest BCUT2D eigenvalue weighted by molar-refractivity contribution is 7.86. The van der Waals surface area contributed by atoms with Crippen LogP contribution in [0.1, 0.15) is 65.5 Å². The van der Waals surface area contributed by atoms with Gasteiger partial charge in [-0.25, -0.2) is 4.79 Å². The second-order valence-corrected chi connectivity index (χ2v) is 18.9. The normalized spacial score (nSPS) is 22.3. The van der Waals surface area contributed by atoms with Crippen LogP contribution < -0.4 is 21.3 Å². The van der Waals surface area contributed by atoms with E-state index in [0.29, 0.717) is 25.8 Å². The van der Waals surface area contributed by atoms with E-state index in [1.807, 2.05) is 52.0 Å². The molecule has 15 heteroatoms. The van der Waals surface area contributed by atoms with E-state index in [1.165, 1.54) is 31.5 Å². The molecule has 0 aromatic heterocycles. The number of rotatable bonds is 16. The Morgan fingerprint density at radius 2 is 1.62 bits per heavy atom. The molecule has 0 bridgehead atoms. The predicted molar refractivity (Wildman–Crippen MR) is 203 cm³/mol. The summed E-state index contributed by atoms with van der Waals surface area (Å²) >= 11 is 0. The van der Waals surface area contributed by atoms with E-state index in [9.17, 15) is 32.4 Å². The van der Waals surface area contributed by atoms with E-state index in [1.54, 1.807) is 4.90 Å². The Morgan fingerprint density at radius 1 is 1.02 bits per heavy atom. The number of piperidine rings is 1. The average Bonchev–Trinajstić information content (AvgIpc) is 3.43. The van der Waals surface area contributed by atoms with Crippen LogP contribution in [0.3, 0.4) is 0 Å². The molecule has 1 unspecified atom stereocenters. The summed E-state index contributed by atoms with van der Waals surface area (Å²) in [4.78, 5) is 70.2. The lowest BCUT2D eigenvalue weighted by Gasteiger charge is -2.37. The van der Waals surface area contributed by atoms with Crippen LogP contribution in [-0.2, 0) is 42.2 Å². The van der Waals surface area contributed by atoms with Crippen molar-refractivity contribution in [2.75, 3.05) is 40.8 Å². The van der Waals surface area contributed by atoms with Crippen LogP contribution in [-0.4, -0.2) is 116 Å². The number of Topliss-reactive ketones (excluding diaryl/α,β-unsaturated/α-hetero) is 1. The molecule has 2 aliphatic carbocycles. The number of fused-ring (bicyclic) bond motifs is 2. The van der Waals surface area contributed by atoms with Crippen LogP contribution >= 0.6 is 0 Å². The van der Waals surface area contributed by atoms with Gasteiger partial charge in [0, 0.05) is 46.8 Å². The lowest BCUT2D eigenvalue weighted by Crippen LogP contribution is -2.62. The minimum Gasteiger partial charge on any atom is -0.346 e. The van der Waals surface area contributed by atoms with Crippen molar-refractivity contribution >= 4 is 39.7 Å². The van der Waals surface area contributed by atoms with Crippen LogP contribution in [0.2, 0.25) is 0 Å². The molecule has 1 aromatic rings. The summed E-state index contributed by atoms with van der Waals surface area (Å²) in [5.74, 6) is -2.93. The lowest BCUT2D eigenvalue weighted by molar-refractivity contribution is -0.144. The van der Waals surface area contributed by atoms with Crippen molar-refractivity contribution < 1.29 is 32.4 Å². The molecule has 0 spiro atoms. The average molecular weight is 758 g/mol. The molecule has 4 N–H and O–H groups in total. The Hall–Kier alpha value is -3.82. The fourth-order valence-corrected chi connectivity index (χ4v) is 8.83. The van der Waals surface area contributed by atoms with Gasteiger partial charge in [-0.15, -0.1) is 6.58 Å². The van der Waals surface area contributed by atoms with E-state index < -0.39 is 69.3 Å². The minimum atomic E-state index is -3.76. The van der Waals surface area contributed by atoms with Crippen LogP contribution in [0.5, 0.6) is 0 Å². The number of carbonyl (C=O) groups is 5. The smallest absolute Gasteiger partial charge is 0.315 e. The zero-order valence-corrected chi connectivity index (χ0v) is 33.5. The van der Waals surface area contributed by atoms with Crippen LogP contribution in [0, 0.1) is 28.6 Å². The SMILES string of the molecule is C=CCNC(=O)C(=O)C(CCC)NC(=O)[C@@H]1[C@@H]2[C@H](CN1C(=O)[C@@H](NC(=O)N[C@H](CN(C)S(=O)(=O)N(C)C)C(C)(C)C)C1Cc3ccccc3C1)C2(C)C. The lowest BCUT2D eigenvalue weighted by atomic mass is 9.86. The number of benzene rings is 1. The number of carbonyl (C=O) groups excluding carboxylic acids is 5. The van der Waals surface area contributed by atoms with Gasteiger partial charge in [0.1, 0.15) is 12.1 Å². The number of likely N-dealkylation sites (N-methyl/N-ethyl adjacent to an activating group) is 1. The Morgan fingerprint density at radius 3 is 2.15 bits per heavy atom. The Labute approximate surface area is 315 Å². The predicted octanol–water partition coefficient (Wildman–Crippen LogP) is 1.86. The van der Waals surface area contributed by atoms with Crippen molar-refractivity contribution in [2.24, 2.45) is 28.6 Å². The molecule has 1 heterocycles. The van der Waals surface area contributed by atoms with Gasteiger partial charge in [-0.1, -0.05) is 78.3 Å². The highest BCUT2D eigenvalue weighted by Gasteiger charge is 2.69. The highest BCUT2D eigenvalue weighted by Crippen LogP contribution is 2.65. The number of amides is 5. The molecular formula is C38H59N7O7S. The zero-order valence-electron chi connectivity index (χ0n) is 32.7. The second kappa shape index (κ2) is 16.3. The summed E-state index contributed by atoms with van der Waals surface area (Å²) in [6, 6.07) is 3.64. The summed E-state index contributed by atoms with van der Waals surface area (Å²) in [5.41, 5.74) is 1.37. The molecule has 6 atom stereocenters. The summed E-state index contributed by atoms with van der Waals surface area (Å²) in [7, 11) is 0.566. The molecule has 53 heavy (non-hydrogen) atoms. The van der Waals surface area contributed by atoms with E-state index in [0.717, 1.165) is 15.4 Å². The first-order chi connectivity index (χ1) is 24.7. The molecule has 0 radical (unpaired) electrons. The van der Waals surface area contributed by atoms with Gasteiger partial charge in [-0.05, 0) is 59.0 Å². The van der Waals surface area contributed by atoms with Crippen molar-refractivity contribution in [3.8, 4) is 0 Å². The third-order valence-electron chi connectivity index (χ3n) is 11.4. The summed E-state index contributed by atoms with van der Waals surface area (Å²) < 4.78 is 28.0. The molecular weight excluding hydrogens is 699 g/mol. The van der Waals surface area contributed by atoms with Crippen molar-refractivity contribution in [3.63, 3.8) is 0 Å². The maximum absolute atomic E-state index is 14.8. The van der Waals surface area contributed by atoms with E-state index in [2.05, 4.69) is 41.7 Å². The molecule has 14 nitrogen and oxygen atoms in total. The van der Waals surface area contributed by atoms with E-state index >= 15 is 0 Å². The summed E-state index contributed by atoms with van der Waals surface area (Å²) in [6.45, 7) is 15.6. The van der Waals surface area contributed by atoms with Crippen molar-refractivity contribution in [1.82, 2.24) is 34.8 Å². The van der Waals surface area contributed by atoms with Gasteiger partial charge < -0.3 is 26.2 Å². The maximum atomic E-state index is 14.8. The van der Waals surface area contributed by atoms with E-state index in [4.69, 9.17) is 0 Å². The van der Waals surface area contributed by atoms with Gasteiger partial charge in [0.25, 0.3) is 16.1 Å². The van der Waals surface area contributed by atoms with Gasteiger partial charge in [0.05, 0.1) is 6.04 Å².